The molecule has 1 aliphatic heterocycles. The second-order valence-corrected chi connectivity index (χ2v) is 6.82. The molecule has 0 radical (unpaired) electrons. The van der Waals surface area contributed by atoms with Crippen LogP contribution in [-0.4, -0.2) is 23.3 Å². The standard InChI is InChI=1S/C16H21NO2S/c1-11(2)14-5-4-6-15(8-14)17-9-13(7-16(17)19)10-20-12(3)18/h4-6,8,11,13H,7,9-10H2,1-3H3. The highest BCUT2D eigenvalue weighted by Gasteiger charge is 2.30. The summed E-state index contributed by atoms with van der Waals surface area (Å²) in [4.78, 5) is 25.0. The number of carbonyl (C=O) groups is 2. The third kappa shape index (κ3) is 3.63. The molecule has 1 amide bonds. The molecule has 0 bridgehead atoms. The largest absolute Gasteiger partial charge is 0.312 e. The van der Waals surface area contributed by atoms with Crippen molar-refractivity contribution in [3.63, 3.8) is 0 Å². The summed E-state index contributed by atoms with van der Waals surface area (Å²) in [5, 5.41) is 0.123. The normalized spacial score (nSPS) is 18.9. The van der Waals surface area contributed by atoms with E-state index in [-0.39, 0.29) is 16.9 Å². The average Bonchev–Trinajstić information content (AvgIpc) is 2.78. The van der Waals surface area contributed by atoms with Crippen molar-refractivity contribution < 1.29 is 9.59 Å². The van der Waals surface area contributed by atoms with Crippen LogP contribution in [0.3, 0.4) is 0 Å². The number of nitrogens with zero attached hydrogens (tertiary/aromatic N) is 1. The van der Waals surface area contributed by atoms with E-state index in [1.165, 1.54) is 17.3 Å². The summed E-state index contributed by atoms with van der Waals surface area (Å²) in [5.74, 6) is 1.64. The van der Waals surface area contributed by atoms with Crippen LogP contribution in [0.5, 0.6) is 0 Å². The molecule has 108 valence electrons. The highest BCUT2D eigenvalue weighted by atomic mass is 32.2. The third-order valence-electron chi connectivity index (χ3n) is 3.58. The maximum atomic E-state index is 12.1. The van der Waals surface area contributed by atoms with Gasteiger partial charge in [-0.15, -0.1) is 0 Å². The first-order valence-electron chi connectivity index (χ1n) is 7.01. The van der Waals surface area contributed by atoms with Gasteiger partial charge in [-0.25, -0.2) is 0 Å². The molecular formula is C16H21NO2S. The summed E-state index contributed by atoms with van der Waals surface area (Å²) in [7, 11) is 0. The number of benzene rings is 1. The van der Waals surface area contributed by atoms with Gasteiger partial charge in [-0.05, 0) is 29.5 Å². The number of thioether (sulfide) groups is 1. The van der Waals surface area contributed by atoms with Crippen molar-refractivity contribution in [2.75, 3.05) is 17.2 Å². The molecule has 0 aliphatic carbocycles. The molecule has 4 heteroatoms. The van der Waals surface area contributed by atoms with Crippen LogP contribution in [0.1, 0.15) is 38.7 Å². The molecule has 0 aromatic heterocycles. The first-order chi connectivity index (χ1) is 9.47. The zero-order chi connectivity index (χ0) is 14.7. The highest BCUT2D eigenvalue weighted by Crippen LogP contribution is 2.29. The Morgan fingerprint density at radius 1 is 1.45 bits per heavy atom. The van der Waals surface area contributed by atoms with Gasteiger partial charge in [0.25, 0.3) is 0 Å². The van der Waals surface area contributed by atoms with Crippen LogP contribution in [0.25, 0.3) is 0 Å². The Kier molecular flexibility index (Phi) is 4.86. The van der Waals surface area contributed by atoms with Gasteiger partial charge in [0.05, 0.1) is 0 Å². The third-order valence-corrected chi connectivity index (χ3v) is 4.62. The fraction of sp³-hybridized carbons (Fsp3) is 0.500. The Bertz CT molecular complexity index is 513. The maximum absolute atomic E-state index is 12.1. The highest BCUT2D eigenvalue weighted by molar-refractivity contribution is 8.13. The molecule has 0 N–H and O–H groups in total. The number of hydrogen-bond donors (Lipinski definition) is 0. The smallest absolute Gasteiger partial charge is 0.227 e. The van der Waals surface area contributed by atoms with Crippen LogP contribution >= 0.6 is 11.8 Å². The molecule has 2 rings (SSSR count). The lowest BCUT2D eigenvalue weighted by atomic mass is 10.0. The number of rotatable bonds is 4. The van der Waals surface area contributed by atoms with Crippen LogP contribution in [0.2, 0.25) is 0 Å². The molecule has 1 saturated heterocycles. The van der Waals surface area contributed by atoms with Crippen molar-refractivity contribution in [3.8, 4) is 0 Å². The Hall–Kier alpha value is -1.29. The first kappa shape index (κ1) is 15.1. The number of anilines is 1. The predicted octanol–water partition coefficient (Wildman–Crippen LogP) is 3.44. The van der Waals surface area contributed by atoms with Crippen molar-refractivity contribution in [2.24, 2.45) is 5.92 Å². The van der Waals surface area contributed by atoms with E-state index in [0.717, 1.165) is 18.0 Å². The Balaban J connectivity index is 2.07. The molecule has 1 heterocycles. The molecule has 1 atom stereocenters. The molecule has 1 aliphatic rings. The number of hydrogen-bond acceptors (Lipinski definition) is 3. The Labute approximate surface area is 124 Å². The summed E-state index contributed by atoms with van der Waals surface area (Å²) in [6.45, 7) is 6.60. The molecule has 0 saturated carbocycles. The van der Waals surface area contributed by atoms with E-state index in [0.29, 0.717) is 12.3 Å². The maximum Gasteiger partial charge on any atom is 0.227 e. The molecule has 1 fully saturated rings. The van der Waals surface area contributed by atoms with Gasteiger partial charge >= 0.3 is 0 Å². The van der Waals surface area contributed by atoms with Crippen LogP contribution in [0, 0.1) is 5.92 Å². The van der Waals surface area contributed by atoms with Gasteiger partial charge < -0.3 is 4.90 Å². The molecule has 20 heavy (non-hydrogen) atoms. The summed E-state index contributed by atoms with van der Waals surface area (Å²) >= 11 is 1.32. The van der Waals surface area contributed by atoms with E-state index in [9.17, 15) is 9.59 Å². The predicted molar refractivity (Wildman–Crippen MR) is 84.1 cm³/mol. The van der Waals surface area contributed by atoms with Crippen molar-refractivity contribution in [1.82, 2.24) is 0 Å². The summed E-state index contributed by atoms with van der Waals surface area (Å²) < 4.78 is 0. The topological polar surface area (TPSA) is 37.4 Å². The van der Waals surface area contributed by atoms with E-state index in [2.05, 4.69) is 26.0 Å². The lowest BCUT2D eigenvalue weighted by Crippen LogP contribution is -2.24. The van der Waals surface area contributed by atoms with Crippen molar-refractivity contribution in [2.45, 2.75) is 33.1 Å². The Morgan fingerprint density at radius 3 is 2.85 bits per heavy atom. The minimum Gasteiger partial charge on any atom is -0.312 e. The molecule has 3 nitrogen and oxygen atoms in total. The molecule has 1 aromatic rings. The summed E-state index contributed by atoms with van der Waals surface area (Å²) in [6, 6.07) is 8.20. The van der Waals surface area contributed by atoms with Gasteiger partial charge in [-0.1, -0.05) is 37.7 Å². The lowest BCUT2D eigenvalue weighted by Gasteiger charge is -2.18. The van der Waals surface area contributed by atoms with E-state index in [4.69, 9.17) is 0 Å². The minimum absolute atomic E-state index is 0.123. The molecular weight excluding hydrogens is 270 g/mol. The first-order valence-corrected chi connectivity index (χ1v) is 7.99. The second kappa shape index (κ2) is 6.44. The minimum atomic E-state index is 0.123. The van der Waals surface area contributed by atoms with Crippen LogP contribution in [0.15, 0.2) is 24.3 Å². The zero-order valence-corrected chi connectivity index (χ0v) is 13.1. The zero-order valence-electron chi connectivity index (χ0n) is 12.3. The fourth-order valence-electron chi connectivity index (χ4n) is 2.43. The Morgan fingerprint density at radius 2 is 2.20 bits per heavy atom. The number of carbonyl (C=O) groups excluding carboxylic acids is 2. The summed E-state index contributed by atoms with van der Waals surface area (Å²) in [6.07, 6.45) is 0.548. The van der Waals surface area contributed by atoms with Gasteiger partial charge in [0.15, 0.2) is 5.12 Å². The van der Waals surface area contributed by atoms with E-state index in [1.807, 2.05) is 17.0 Å². The van der Waals surface area contributed by atoms with Gasteiger partial charge in [-0.3, -0.25) is 9.59 Å². The SMILES string of the molecule is CC(=O)SCC1CC(=O)N(c2cccc(C(C)C)c2)C1. The van der Waals surface area contributed by atoms with Gasteiger partial charge in [0.1, 0.15) is 0 Å². The molecule has 1 aromatic carbocycles. The average molecular weight is 291 g/mol. The van der Waals surface area contributed by atoms with Crippen LogP contribution in [-0.2, 0) is 9.59 Å². The second-order valence-electron chi connectivity index (χ2n) is 5.63. The summed E-state index contributed by atoms with van der Waals surface area (Å²) in [5.41, 5.74) is 2.23. The van der Waals surface area contributed by atoms with Gasteiger partial charge in [0.2, 0.25) is 5.91 Å². The van der Waals surface area contributed by atoms with Crippen LogP contribution in [0.4, 0.5) is 5.69 Å². The lowest BCUT2D eigenvalue weighted by molar-refractivity contribution is -0.117. The number of amides is 1. The van der Waals surface area contributed by atoms with Gasteiger partial charge in [0, 0.05) is 31.3 Å². The van der Waals surface area contributed by atoms with Crippen molar-refractivity contribution in [1.29, 1.82) is 0 Å². The van der Waals surface area contributed by atoms with Crippen molar-refractivity contribution >= 4 is 28.5 Å². The van der Waals surface area contributed by atoms with E-state index in [1.54, 1.807) is 6.92 Å². The quantitative estimate of drug-likeness (QED) is 0.852. The monoisotopic (exact) mass is 291 g/mol. The van der Waals surface area contributed by atoms with Gasteiger partial charge in [-0.2, -0.15) is 0 Å². The van der Waals surface area contributed by atoms with Crippen LogP contribution < -0.4 is 4.90 Å². The van der Waals surface area contributed by atoms with E-state index >= 15 is 0 Å². The fourth-order valence-corrected chi connectivity index (χ4v) is 3.12. The van der Waals surface area contributed by atoms with Crippen molar-refractivity contribution in [3.05, 3.63) is 29.8 Å². The molecule has 1 unspecified atom stereocenters. The van der Waals surface area contributed by atoms with E-state index < -0.39 is 0 Å². The molecule has 0 spiro atoms.